The molecule has 0 aliphatic heterocycles. The standard InChI is InChI=1S/C24H28ClN3O/c1-2-3-7-15-28(24(29)26-22-12-5-4-6-13-22)19-23-14-9-16-27(23)18-20-10-8-11-21(25)17-20/h4-6,8-14,16-17H,2-3,7,15,18-19H2,1H3,(H,26,29). The van der Waals surface area contributed by atoms with Crippen LogP contribution in [0.1, 0.15) is 37.4 Å². The molecule has 0 bridgehead atoms. The molecule has 0 unspecified atom stereocenters. The van der Waals surface area contributed by atoms with Gasteiger partial charge < -0.3 is 14.8 Å². The summed E-state index contributed by atoms with van der Waals surface area (Å²) in [5.74, 6) is 0. The average molecular weight is 410 g/mol. The Kier molecular flexibility index (Phi) is 7.77. The van der Waals surface area contributed by atoms with Crippen LogP contribution in [0.3, 0.4) is 0 Å². The molecule has 0 saturated carbocycles. The highest BCUT2D eigenvalue weighted by Crippen LogP contribution is 2.16. The molecule has 4 nitrogen and oxygen atoms in total. The number of rotatable bonds is 9. The molecular weight excluding hydrogens is 382 g/mol. The van der Waals surface area contributed by atoms with Gasteiger partial charge in [0.1, 0.15) is 0 Å². The molecule has 1 aromatic heterocycles. The third-order valence-corrected chi connectivity index (χ3v) is 5.10. The topological polar surface area (TPSA) is 37.3 Å². The van der Waals surface area contributed by atoms with Crippen molar-refractivity contribution < 1.29 is 4.79 Å². The zero-order valence-electron chi connectivity index (χ0n) is 16.9. The van der Waals surface area contributed by atoms with Crippen molar-refractivity contribution in [1.82, 2.24) is 9.47 Å². The van der Waals surface area contributed by atoms with E-state index in [1.54, 1.807) is 0 Å². The van der Waals surface area contributed by atoms with Crippen molar-refractivity contribution in [2.75, 3.05) is 11.9 Å². The molecule has 0 aliphatic rings. The number of aromatic nitrogens is 1. The SMILES string of the molecule is CCCCCN(Cc1cccn1Cc1cccc(Cl)c1)C(=O)Nc1ccccc1. The minimum absolute atomic E-state index is 0.0668. The molecule has 0 atom stereocenters. The highest BCUT2D eigenvalue weighted by molar-refractivity contribution is 6.30. The van der Waals surface area contributed by atoms with Gasteiger partial charge in [-0.1, -0.05) is 61.7 Å². The molecule has 0 fully saturated rings. The molecule has 0 saturated heterocycles. The number of unbranched alkanes of at least 4 members (excludes halogenated alkanes) is 2. The highest BCUT2D eigenvalue weighted by Gasteiger charge is 2.16. The molecule has 0 aliphatic carbocycles. The van der Waals surface area contributed by atoms with Crippen LogP contribution in [0.5, 0.6) is 0 Å². The average Bonchev–Trinajstić information content (AvgIpc) is 3.14. The lowest BCUT2D eigenvalue weighted by Crippen LogP contribution is -2.36. The monoisotopic (exact) mass is 409 g/mol. The number of anilines is 1. The van der Waals surface area contributed by atoms with Crippen LogP contribution in [-0.4, -0.2) is 22.0 Å². The summed E-state index contributed by atoms with van der Waals surface area (Å²) in [6, 6.07) is 21.5. The van der Waals surface area contributed by atoms with Crippen LogP contribution in [0.15, 0.2) is 72.9 Å². The number of nitrogens with zero attached hydrogens (tertiary/aromatic N) is 2. The zero-order chi connectivity index (χ0) is 20.5. The normalized spacial score (nSPS) is 10.7. The third kappa shape index (κ3) is 6.40. The summed E-state index contributed by atoms with van der Waals surface area (Å²) < 4.78 is 2.17. The first-order valence-corrected chi connectivity index (χ1v) is 10.5. The number of carbonyl (C=O) groups excluding carboxylic acids is 1. The minimum atomic E-state index is -0.0668. The molecule has 0 radical (unpaired) electrons. The van der Waals surface area contributed by atoms with Crippen LogP contribution in [0.25, 0.3) is 0 Å². The number of para-hydroxylation sites is 1. The van der Waals surface area contributed by atoms with E-state index in [1.807, 2.05) is 59.5 Å². The number of amides is 2. The maximum atomic E-state index is 12.9. The molecule has 0 spiro atoms. The second kappa shape index (κ2) is 10.7. The second-order valence-corrected chi connectivity index (χ2v) is 7.62. The molecule has 152 valence electrons. The van der Waals surface area contributed by atoms with E-state index in [4.69, 9.17) is 11.6 Å². The van der Waals surface area contributed by atoms with Crippen LogP contribution in [-0.2, 0) is 13.1 Å². The van der Waals surface area contributed by atoms with Gasteiger partial charge in [0.15, 0.2) is 0 Å². The maximum absolute atomic E-state index is 12.9. The fourth-order valence-corrected chi connectivity index (χ4v) is 3.52. The lowest BCUT2D eigenvalue weighted by molar-refractivity contribution is 0.206. The Balaban J connectivity index is 1.72. The third-order valence-electron chi connectivity index (χ3n) is 4.86. The summed E-state index contributed by atoms with van der Waals surface area (Å²) in [7, 11) is 0. The van der Waals surface area contributed by atoms with E-state index in [9.17, 15) is 4.79 Å². The Morgan fingerprint density at radius 1 is 1.03 bits per heavy atom. The number of benzene rings is 2. The van der Waals surface area contributed by atoms with Gasteiger partial charge in [-0.25, -0.2) is 4.79 Å². The van der Waals surface area contributed by atoms with Crippen molar-refractivity contribution in [3.05, 3.63) is 89.2 Å². The van der Waals surface area contributed by atoms with E-state index < -0.39 is 0 Å². The van der Waals surface area contributed by atoms with Gasteiger partial charge in [-0.2, -0.15) is 0 Å². The second-order valence-electron chi connectivity index (χ2n) is 7.18. The van der Waals surface area contributed by atoms with Gasteiger partial charge in [-0.3, -0.25) is 0 Å². The Morgan fingerprint density at radius 3 is 2.62 bits per heavy atom. The first kappa shape index (κ1) is 21.0. The molecule has 2 amide bonds. The summed E-state index contributed by atoms with van der Waals surface area (Å²) in [5, 5.41) is 3.75. The number of urea groups is 1. The zero-order valence-corrected chi connectivity index (χ0v) is 17.6. The van der Waals surface area contributed by atoms with E-state index in [0.717, 1.165) is 54.3 Å². The lowest BCUT2D eigenvalue weighted by atomic mass is 10.2. The summed E-state index contributed by atoms with van der Waals surface area (Å²) >= 11 is 6.13. The predicted octanol–water partition coefficient (Wildman–Crippen LogP) is 6.41. The molecule has 1 N–H and O–H groups in total. The lowest BCUT2D eigenvalue weighted by Gasteiger charge is -2.24. The number of hydrogen-bond donors (Lipinski definition) is 1. The summed E-state index contributed by atoms with van der Waals surface area (Å²) in [4.78, 5) is 14.8. The van der Waals surface area contributed by atoms with Crippen LogP contribution in [0, 0.1) is 0 Å². The largest absolute Gasteiger partial charge is 0.345 e. The van der Waals surface area contributed by atoms with Gasteiger partial charge >= 0.3 is 6.03 Å². The van der Waals surface area contributed by atoms with E-state index in [1.165, 1.54) is 0 Å². The maximum Gasteiger partial charge on any atom is 0.322 e. The Morgan fingerprint density at radius 2 is 1.86 bits per heavy atom. The van der Waals surface area contributed by atoms with E-state index in [-0.39, 0.29) is 6.03 Å². The first-order valence-electron chi connectivity index (χ1n) is 10.1. The number of carbonyl (C=O) groups is 1. The summed E-state index contributed by atoms with van der Waals surface area (Å²) in [6.07, 6.45) is 5.28. The molecule has 3 rings (SSSR count). The van der Waals surface area contributed by atoms with Crippen LogP contribution >= 0.6 is 11.6 Å². The molecule has 3 aromatic rings. The van der Waals surface area contributed by atoms with Gasteiger partial charge in [0.05, 0.1) is 6.54 Å². The van der Waals surface area contributed by atoms with Gasteiger partial charge in [-0.05, 0) is 48.4 Å². The molecule has 29 heavy (non-hydrogen) atoms. The Bertz CT molecular complexity index is 907. The van der Waals surface area contributed by atoms with Gasteiger partial charge in [0.2, 0.25) is 0 Å². The highest BCUT2D eigenvalue weighted by atomic mass is 35.5. The van der Waals surface area contributed by atoms with Crippen LogP contribution in [0.4, 0.5) is 10.5 Å². The van der Waals surface area contributed by atoms with E-state index >= 15 is 0 Å². The van der Waals surface area contributed by atoms with Crippen molar-refractivity contribution in [3.8, 4) is 0 Å². The number of nitrogens with one attached hydrogen (secondary N) is 1. The number of hydrogen-bond acceptors (Lipinski definition) is 1. The smallest absolute Gasteiger partial charge is 0.322 e. The predicted molar refractivity (Wildman–Crippen MR) is 120 cm³/mol. The molecule has 5 heteroatoms. The van der Waals surface area contributed by atoms with Gasteiger partial charge in [0.25, 0.3) is 0 Å². The molecule has 1 heterocycles. The van der Waals surface area contributed by atoms with Crippen molar-refractivity contribution in [2.45, 2.75) is 39.3 Å². The quantitative estimate of drug-likeness (QED) is 0.407. The summed E-state index contributed by atoms with van der Waals surface area (Å²) in [5.41, 5.74) is 3.05. The van der Waals surface area contributed by atoms with Crippen molar-refractivity contribution in [3.63, 3.8) is 0 Å². The Labute approximate surface area is 178 Å². The Hall–Kier alpha value is -2.72. The van der Waals surface area contributed by atoms with Crippen molar-refractivity contribution in [2.24, 2.45) is 0 Å². The first-order chi connectivity index (χ1) is 14.2. The minimum Gasteiger partial charge on any atom is -0.345 e. The van der Waals surface area contributed by atoms with Crippen LogP contribution < -0.4 is 5.32 Å². The van der Waals surface area contributed by atoms with Crippen molar-refractivity contribution in [1.29, 1.82) is 0 Å². The fourth-order valence-electron chi connectivity index (χ4n) is 3.30. The van der Waals surface area contributed by atoms with E-state index in [0.29, 0.717) is 6.54 Å². The van der Waals surface area contributed by atoms with Crippen LogP contribution in [0.2, 0.25) is 5.02 Å². The molecule has 2 aromatic carbocycles. The molecular formula is C24H28ClN3O. The fraction of sp³-hybridized carbons (Fsp3) is 0.292. The van der Waals surface area contributed by atoms with E-state index in [2.05, 4.69) is 35.1 Å². The van der Waals surface area contributed by atoms with Crippen molar-refractivity contribution >= 4 is 23.3 Å². The van der Waals surface area contributed by atoms with Gasteiger partial charge in [0, 0.05) is 35.7 Å². The number of halogens is 1. The van der Waals surface area contributed by atoms with Gasteiger partial charge in [-0.15, -0.1) is 0 Å². The summed E-state index contributed by atoms with van der Waals surface area (Å²) in [6.45, 7) is 4.20.